The molecule has 0 aliphatic carbocycles. The molecule has 2 aromatic carbocycles. The van der Waals surface area contributed by atoms with Gasteiger partial charge in [-0.3, -0.25) is 0 Å². The average Bonchev–Trinajstić information content (AvgIpc) is 2.61. The molecule has 0 aliphatic rings. The maximum absolute atomic E-state index is 13.6. The Morgan fingerprint density at radius 3 is 2.48 bits per heavy atom. The smallest absolute Gasteiger partial charge is 0.319 e. The molecule has 6 nitrogen and oxygen atoms in total. The van der Waals surface area contributed by atoms with Crippen LogP contribution in [0, 0.1) is 5.82 Å². The zero-order valence-electron chi connectivity index (χ0n) is 14.2. The van der Waals surface area contributed by atoms with E-state index >= 15 is 0 Å². The molecule has 0 heterocycles. The van der Waals surface area contributed by atoms with Gasteiger partial charge in [-0.25, -0.2) is 9.18 Å². The van der Waals surface area contributed by atoms with E-state index in [0.29, 0.717) is 25.4 Å². The lowest BCUT2D eigenvalue weighted by molar-refractivity contribution is 0.146. The number of carbonyl (C=O) groups excluding carboxylic acids is 1. The summed E-state index contributed by atoms with van der Waals surface area (Å²) < 4.78 is 28.8. The normalized spacial score (nSPS) is 10.2. The Hall–Kier alpha value is -2.80. The number of hydrogen-bond acceptors (Lipinski definition) is 4. The van der Waals surface area contributed by atoms with Crippen LogP contribution in [0.4, 0.5) is 14.9 Å². The molecule has 134 valence electrons. The van der Waals surface area contributed by atoms with Gasteiger partial charge in [0.15, 0.2) is 11.6 Å². The third kappa shape index (κ3) is 5.96. The van der Waals surface area contributed by atoms with E-state index in [2.05, 4.69) is 10.6 Å². The molecule has 0 unspecified atom stereocenters. The van der Waals surface area contributed by atoms with Crippen LogP contribution in [0.25, 0.3) is 0 Å². The van der Waals surface area contributed by atoms with Gasteiger partial charge in [0.25, 0.3) is 0 Å². The first kappa shape index (κ1) is 18.5. The number of anilines is 1. The lowest BCUT2D eigenvalue weighted by Gasteiger charge is -2.10. The minimum absolute atomic E-state index is 0.124. The molecule has 0 bridgehead atoms. The molecule has 2 amide bonds. The Kier molecular flexibility index (Phi) is 7.03. The quantitative estimate of drug-likeness (QED) is 0.719. The van der Waals surface area contributed by atoms with Crippen molar-refractivity contribution in [2.24, 2.45) is 0 Å². The maximum Gasteiger partial charge on any atom is 0.319 e. The Morgan fingerprint density at radius 1 is 1.08 bits per heavy atom. The molecule has 7 heteroatoms. The van der Waals surface area contributed by atoms with Crippen molar-refractivity contribution in [2.75, 3.05) is 32.8 Å². The number of methoxy groups -OCH3 is 2. The van der Waals surface area contributed by atoms with Gasteiger partial charge < -0.3 is 24.8 Å². The van der Waals surface area contributed by atoms with Gasteiger partial charge in [0.05, 0.1) is 13.7 Å². The summed E-state index contributed by atoms with van der Waals surface area (Å²) in [4.78, 5) is 11.9. The Bertz CT molecular complexity index is 692. The molecule has 0 radical (unpaired) electrons. The number of ether oxygens (including phenoxy) is 3. The zero-order chi connectivity index (χ0) is 18.1. The molecule has 0 atom stereocenters. The fourth-order valence-electron chi connectivity index (χ4n) is 2.05. The van der Waals surface area contributed by atoms with E-state index in [0.717, 1.165) is 11.3 Å². The Morgan fingerprint density at radius 2 is 1.84 bits per heavy atom. The van der Waals surface area contributed by atoms with E-state index < -0.39 is 11.8 Å². The zero-order valence-corrected chi connectivity index (χ0v) is 14.2. The third-order valence-electron chi connectivity index (χ3n) is 3.34. The lowest BCUT2D eigenvalue weighted by atomic mass is 10.2. The van der Waals surface area contributed by atoms with Gasteiger partial charge in [-0.2, -0.15) is 0 Å². The summed E-state index contributed by atoms with van der Waals surface area (Å²) in [5.74, 6) is 0.321. The largest absolute Gasteiger partial charge is 0.494 e. The number of nitrogens with one attached hydrogen (secondary N) is 2. The summed E-state index contributed by atoms with van der Waals surface area (Å²) in [6.07, 6.45) is 0. The van der Waals surface area contributed by atoms with E-state index in [4.69, 9.17) is 14.2 Å². The molecule has 2 aromatic rings. The van der Waals surface area contributed by atoms with Crippen molar-refractivity contribution in [1.82, 2.24) is 5.32 Å². The highest BCUT2D eigenvalue weighted by molar-refractivity contribution is 5.89. The van der Waals surface area contributed by atoms with Gasteiger partial charge in [-0.15, -0.1) is 0 Å². The molecular formula is C18H21FN2O4. The predicted molar refractivity (Wildman–Crippen MR) is 92.6 cm³/mol. The predicted octanol–water partition coefficient (Wildman–Crippen LogP) is 3.18. The molecule has 0 saturated heterocycles. The van der Waals surface area contributed by atoms with Crippen molar-refractivity contribution in [3.8, 4) is 11.5 Å². The first-order valence-corrected chi connectivity index (χ1v) is 7.71. The van der Waals surface area contributed by atoms with Crippen LogP contribution in [0.3, 0.4) is 0 Å². The summed E-state index contributed by atoms with van der Waals surface area (Å²) in [6.45, 7) is 1.34. The summed E-state index contributed by atoms with van der Waals surface area (Å²) in [7, 11) is 3.00. The lowest BCUT2D eigenvalue weighted by Crippen LogP contribution is -2.28. The summed E-state index contributed by atoms with van der Waals surface area (Å²) in [5.41, 5.74) is 1.26. The number of rotatable bonds is 8. The highest BCUT2D eigenvalue weighted by atomic mass is 19.1. The topological polar surface area (TPSA) is 68.8 Å². The number of urea groups is 1. The van der Waals surface area contributed by atoms with Crippen molar-refractivity contribution >= 4 is 11.7 Å². The molecule has 0 fully saturated rings. The van der Waals surface area contributed by atoms with E-state index in [9.17, 15) is 9.18 Å². The maximum atomic E-state index is 13.6. The summed E-state index contributed by atoms with van der Waals surface area (Å²) in [6, 6.07) is 11.1. The molecule has 0 spiro atoms. The van der Waals surface area contributed by atoms with Crippen LogP contribution in [-0.4, -0.2) is 33.5 Å². The number of carbonyl (C=O) groups is 1. The van der Waals surface area contributed by atoms with Crippen molar-refractivity contribution in [3.63, 3.8) is 0 Å². The standard InChI is InChI=1S/C18H21FN2O4/c1-23-9-10-25-15-6-3-13(4-7-15)12-20-18(22)21-14-5-8-17(24-2)16(19)11-14/h3-8,11H,9-10,12H2,1-2H3,(H2,20,21,22). The van der Waals surface area contributed by atoms with Crippen LogP contribution >= 0.6 is 0 Å². The molecule has 25 heavy (non-hydrogen) atoms. The van der Waals surface area contributed by atoms with Crippen molar-refractivity contribution in [1.29, 1.82) is 0 Å². The summed E-state index contributed by atoms with van der Waals surface area (Å²) in [5, 5.41) is 5.27. The molecule has 0 aliphatic heterocycles. The van der Waals surface area contributed by atoms with Crippen LogP contribution < -0.4 is 20.1 Å². The Balaban J connectivity index is 1.80. The number of amides is 2. The Labute approximate surface area is 145 Å². The van der Waals surface area contributed by atoms with Crippen molar-refractivity contribution in [2.45, 2.75) is 6.54 Å². The second-order valence-corrected chi connectivity index (χ2v) is 5.14. The van der Waals surface area contributed by atoms with Crippen LogP contribution in [-0.2, 0) is 11.3 Å². The fraction of sp³-hybridized carbons (Fsp3) is 0.278. The summed E-state index contributed by atoms with van der Waals surface area (Å²) >= 11 is 0. The van der Waals surface area contributed by atoms with E-state index in [1.165, 1.54) is 19.2 Å². The number of hydrogen-bond donors (Lipinski definition) is 2. The molecule has 2 rings (SSSR count). The molecule has 0 aromatic heterocycles. The van der Waals surface area contributed by atoms with Crippen LogP contribution in [0.15, 0.2) is 42.5 Å². The van der Waals surface area contributed by atoms with E-state index in [-0.39, 0.29) is 5.75 Å². The van der Waals surface area contributed by atoms with Gasteiger partial charge in [-0.05, 0) is 29.8 Å². The highest BCUT2D eigenvalue weighted by Crippen LogP contribution is 2.20. The minimum atomic E-state index is -0.538. The van der Waals surface area contributed by atoms with Gasteiger partial charge >= 0.3 is 6.03 Å². The van der Waals surface area contributed by atoms with Gasteiger partial charge in [0.1, 0.15) is 12.4 Å². The van der Waals surface area contributed by atoms with Gasteiger partial charge in [0, 0.05) is 25.4 Å². The minimum Gasteiger partial charge on any atom is -0.494 e. The number of benzene rings is 2. The third-order valence-corrected chi connectivity index (χ3v) is 3.34. The van der Waals surface area contributed by atoms with Crippen LogP contribution in [0.5, 0.6) is 11.5 Å². The van der Waals surface area contributed by atoms with Crippen molar-refractivity contribution < 1.29 is 23.4 Å². The van der Waals surface area contributed by atoms with Gasteiger partial charge in [0.2, 0.25) is 0 Å². The van der Waals surface area contributed by atoms with E-state index in [1.807, 2.05) is 24.3 Å². The average molecular weight is 348 g/mol. The molecule has 0 saturated carbocycles. The first-order valence-electron chi connectivity index (χ1n) is 7.71. The SMILES string of the molecule is COCCOc1ccc(CNC(=O)Nc2ccc(OC)c(F)c2)cc1. The highest BCUT2D eigenvalue weighted by Gasteiger charge is 2.06. The van der Waals surface area contributed by atoms with Crippen LogP contribution in [0.1, 0.15) is 5.56 Å². The van der Waals surface area contributed by atoms with Gasteiger partial charge in [-0.1, -0.05) is 12.1 Å². The number of halogens is 1. The fourth-order valence-corrected chi connectivity index (χ4v) is 2.05. The second kappa shape index (κ2) is 9.48. The van der Waals surface area contributed by atoms with E-state index in [1.54, 1.807) is 13.2 Å². The molecular weight excluding hydrogens is 327 g/mol. The second-order valence-electron chi connectivity index (χ2n) is 5.14. The van der Waals surface area contributed by atoms with Crippen LogP contribution in [0.2, 0.25) is 0 Å². The van der Waals surface area contributed by atoms with Crippen molar-refractivity contribution in [3.05, 3.63) is 53.8 Å². The first-order chi connectivity index (χ1) is 12.1. The monoisotopic (exact) mass is 348 g/mol. The molecule has 2 N–H and O–H groups in total.